The van der Waals surface area contributed by atoms with Gasteiger partial charge in [-0.05, 0) is 37.8 Å². The number of rotatable bonds is 4. The van der Waals surface area contributed by atoms with Crippen molar-refractivity contribution in [2.75, 3.05) is 11.9 Å². The maximum Gasteiger partial charge on any atom is 0.319 e. The molecule has 1 aliphatic carbocycles. The Morgan fingerprint density at radius 2 is 2.24 bits per heavy atom. The van der Waals surface area contributed by atoms with Crippen molar-refractivity contribution in [3.63, 3.8) is 0 Å². The molecule has 3 rings (SSSR count). The second kappa shape index (κ2) is 6.67. The van der Waals surface area contributed by atoms with E-state index in [9.17, 15) is 4.79 Å². The van der Waals surface area contributed by atoms with E-state index < -0.39 is 0 Å². The largest absolute Gasteiger partial charge is 0.337 e. The predicted molar refractivity (Wildman–Crippen MR) is 83.7 cm³/mol. The number of carbonyl (C=O) groups is 1. The number of amides is 2. The monoisotopic (exact) mass is 302 g/mol. The first-order valence-corrected chi connectivity index (χ1v) is 8.05. The van der Waals surface area contributed by atoms with Gasteiger partial charge in [0.25, 0.3) is 0 Å². The van der Waals surface area contributed by atoms with Crippen LogP contribution >= 0.6 is 11.3 Å². The highest BCUT2D eigenvalue weighted by Gasteiger charge is 2.14. The van der Waals surface area contributed by atoms with Crippen molar-refractivity contribution in [2.24, 2.45) is 0 Å². The van der Waals surface area contributed by atoms with Gasteiger partial charge < -0.3 is 10.6 Å². The van der Waals surface area contributed by atoms with Crippen molar-refractivity contribution >= 4 is 23.1 Å². The summed E-state index contributed by atoms with van der Waals surface area (Å²) in [6.07, 6.45) is 8.89. The zero-order chi connectivity index (χ0) is 14.5. The zero-order valence-electron chi connectivity index (χ0n) is 11.8. The van der Waals surface area contributed by atoms with Crippen LogP contribution in [0.4, 0.5) is 10.5 Å². The molecule has 0 unspecified atom stereocenters. The van der Waals surface area contributed by atoms with Gasteiger partial charge >= 0.3 is 6.03 Å². The molecule has 0 radical (unpaired) electrons. The van der Waals surface area contributed by atoms with Gasteiger partial charge in [-0.1, -0.05) is 0 Å². The molecule has 2 aromatic heterocycles. The fourth-order valence-corrected chi connectivity index (χ4v) is 3.56. The Bertz CT molecular complexity index is 588. The number of thiazole rings is 1. The third-order valence-corrected chi connectivity index (χ3v) is 4.65. The highest BCUT2D eigenvalue weighted by molar-refractivity contribution is 7.11. The minimum Gasteiger partial charge on any atom is -0.337 e. The van der Waals surface area contributed by atoms with E-state index in [1.54, 1.807) is 35.9 Å². The molecule has 5 nitrogen and oxygen atoms in total. The second-order valence-corrected chi connectivity index (χ2v) is 6.23. The Labute approximate surface area is 127 Å². The van der Waals surface area contributed by atoms with Gasteiger partial charge in [0.2, 0.25) is 0 Å². The topological polar surface area (TPSA) is 66.9 Å². The quantitative estimate of drug-likeness (QED) is 0.912. The number of anilines is 1. The van der Waals surface area contributed by atoms with Crippen molar-refractivity contribution in [1.82, 2.24) is 15.3 Å². The highest BCUT2D eigenvalue weighted by Crippen LogP contribution is 2.26. The summed E-state index contributed by atoms with van der Waals surface area (Å²) in [6, 6.07) is 3.39. The molecule has 110 valence electrons. The summed E-state index contributed by atoms with van der Waals surface area (Å²) in [5, 5.41) is 6.72. The molecule has 1 aliphatic rings. The Balaban J connectivity index is 1.45. The average molecular weight is 302 g/mol. The van der Waals surface area contributed by atoms with E-state index in [4.69, 9.17) is 0 Å². The standard InChI is InChI=1S/C15H18N4OS/c20-15(18-11-4-3-8-16-10-11)17-9-7-14-19-12-5-1-2-6-13(12)21-14/h3-4,8,10H,1-2,5-7,9H2,(H2,17,18,20). The molecule has 0 bridgehead atoms. The molecule has 0 fully saturated rings. The van der Waals surface area contributed by atoms with Crippen LogP contribution in [0, 0.1) is 0 Å². The van der Waals surface area contributed by atoms with Gasteiger partial charge in [-0.15, -0.1) is 11.3 Å². The Morgan fingerprint density at radius 1 is 1.33 bits per heavy atom. The fourth-order valence-electron chi connectivity index (χ4n) is 2.41. The van der Waals surface area contributed by atoms with Crippen LogP contribution < -0.4 is 10.6 Å². The van der Waals surface area contributed by atoms with Crippen LogP contribution in [0.3, 0.4) is 0 Å². The molecule has 2 heterocycles. The zero-order valence-corrected chi connectivity index (χ0v) is 12.6. The van der Waals surface area contributed by atoms with Crippen LogP contribution in [-0.2, 0) is 19.3 Å². The first-order valence-electron chi connectivity index (χ1n) is 7.23. The molecular formula is C15H18N4OS. The molecular weight excluding hydrogens is 284 g/mol. The minimum absolute atomic E-state index is 0.204. The van der Waals surface area contributed by atoms with E-state index in [0.29, 0.717) is 12.2 Å². The first kappa shape index (κ1) is 14.0. The van der Waals surface area contributed by atoms with Crippen LogP contribution in [0.5, 0.6) is 0 Å². The lowest BCUT2D eigenvalue weighted by Gasteiger charge is -2.06. The normalized spacial score (nSPS) is 13.5. The van der Waals surface area contributed by atoms with E-state index in [-0.39, 0.29) is 6.03 Å². The van der Waals surface area contributed by atoms with E-state index in [1.165, 1.54) is 29.8 Å². The SMILES string of the molecule is O=C(NCCc1nc2c(s1)CCCC2)Nc1cccnc1. The molecule has 21 heavy (non-hydrogen) atoms. The number of urea groups is 1. The van der Waals surface area contributed by atoms with Gasteiger partial charge in [-0.2, -0.15) is 0 Å². The van der Waals surface area contributed by atoms with Gasteiger partial charge in [0.05, 0.1) is 22.6 Å². The van der Waals surface area contributed by atoms with Crippen molar-refractivity contribution in [3.8, 4) is 0 Å². The third kappa shape index (κ3) is 3.78. The van der Waals surface area contributed by atoms with Gasteiger partial charge in [-0.25, -0.2) is 9.78 Å². The van der Waals surface area contributed by atoms with E-state index in [0.717, 1.165) is 17.8 Å². The maximum atomic E-state index is 11.7. The summed E-state index contributed by atoms with van der Waals surface area (Å²) < 4.78 is 0. The van der Waals surface area contributed by atoms with E-state index >= 15 is 0 Å². The van der Waals surface area contributed by atoms with Gasteiger partial charge in [-0.3, -0.25) is 4.98 Å². The number of pyridine rings is 1. The predicted octanol–water partition coefficient (Wildman–Crippen LogP) is 2.78. The molecule has 0 atom stereocenters. The summed E-state index contributed by atoms with van der Waals surface area (Å²) in [7, 11) is 0. The molecule has 0 aromatic carbocycles. The first-order chi connectivity index (χ1) is 10.3. The van der Waals surface area contributed by atoms with Crippen LogP contribution in [0.2, 0.25) is 0 Å². The van der Waals surface area contributed by atoms with Crippen molar-refractivity contribution < 1.29 is 4.79 Å². The molecule has 0 saturated carbocycles. The lowest BCUT2D eigenvalue weighted by Crippen LogP contribution is -2.30. The maximum absolute atomic E-state index is 11.7. The van der Waals surface area contributed by atoms with Crippen molar-refractivity contribution in [1.29, 1.82) is 0 Å². The van der Waals surface area contributed by atoms with Gasteiger partial charge in [0.15, 0.2) is 0 Å². The number of aromatic nitrogens is 2. The Hall–Kier alpha value is -1.95. The third-order valence-electron chi connectivity index (χ3n) is 3.43. The summed E-state index contributed by atoms with van der Waals surface area (Å²) in [5.74, 6) is 0. The molecule has 2 amide bonds. The number of nitrogens with one attached hydrogen (secondary N) is 2. The Morgan fingerprint density at radius 3 is 3.05 bits per heavy atom. The lowest BCUT2D eigenvalue weighted by molar-refractivity contribution is 0.252. The van der Waals surface area contributed by atoms with Crippen molar-refractivity contribution in [2.45, 2.75) is 32.1 Å². The minimum atomic E-state index is -0.204. The summed E-state index contributed by atoms with van der Waals surface area (Å²) >= 11 is 1.80. The number of nitrogens with zero attached hydrogens (tertiary/aromatic N) is 2. The summed E-state index contributed by atoms with van der Waals surface area (Å²) in [4.78, 5) is 21.8. The molecule has 0 saturated heterocycles. The van der Waals surface area contributed by atoms with Crippen LogP contribution in [0.1, 0.15) is 28.4 Å². The Kier molecular flexibility index (Phi) is 4.45. The second-order valence-electron chi connectivity index (χ2n) is 5.06. The van der Waals surface area contributed by atoms with Gasteiger partial charge in [0, 0.05) is 24.0 Å². The van der Waals surface area contributed by atoms with Gasteiger partial charge in [0.1, 0.15) is 0 Å². The molecule has 2 aromatic rings. The molecule has 0 aliphatic heterocycles. The van der Waals surface area contributed by atoms with Crippen LogP contribution in [0.25, 0.3) is 0 Å². The number of hydrogen-bond donors (Lipinski definition) is 2. The highest BCUT2D eigenvalue weighted by atomic mass is 32.1. The number of carbonyl (C=O) groups excluding carboxylic acids is 1. The smallest absolute Gasteiger partial charge is 0.319 e. The summed E-state index contributed by atoms with van der Waals surface area (Å²) in [5.41, 5.74) is 1.97. The summed E-state index contributed by atoms with van der Waals surface area (Å²) in [6.45, 7) is 0.596. The molecule has 0 spiro atoms. The fraction of sp³-hybridized carbons (Fsp3) is 0.400. The number of aryl methyl sites for hydroxylation is 2. The average Bonchev–Trinajstić information content (AvgIpc) is 2.91. The molecule has 2 N–H and O–H groups in total. The van der Waals surface area contributed by atoms with Crippen molar-refractivity contribution in [3.05, 3.63) is 40.1 Å². The van der Waals surface area contributed by atoms with Crippen LogP contribution in [0.15, 0.2) is 24.5 Å². The molecule has 6 heteroatoms. The number of hydrogen-bond acceptors (Lipinski definition) is 4. The number of fused-ring (bicyclic) bond motifs is 1. The lowest BCUT2D eigenvalue weighted by atomic mass is 10.0. The van der Waals surface area contributed by atoms with E-state index in [1.807, 2.05) is 0 Å². The van der Waals surface area contributed by atoms with Crippen LogP contribution in [-0.4, -0.2) is 22.5 Å². The van der Waals surface area contributed by atoms with E-state index in [2.05, 4.69) is 20.6 Å².